The van der Waals surface area contributed by atoms with Crippen LogP contribution in [0.1, 0.15) is 23.7 Å². The normalized spacial score (nSPS) is 31.3. The summed E-state index contributed by atoms with van der Waals surface area (Å²) in [7, 11) is 0. The molecule has 87 valence electrons. The first-order valence-corrected chi connectivity index (χ1v) is 6.73. The topological polar surface area (TPSA) is 40.2 Å². The Morgan fingerprint density at radius 3 is 3.31 bits per heavy atom. The third kappa shape index (κ3) is 1.78. The van der Waals surface area contributed by atoms with E-state index in [1.54, 1.807) is 11.3 Å². The quantitative estimate of drug-likeness (QED) is 0.741. The summed E-state index contributed by atoms with van der Waals surface area (Å²) in [5.74, 6) is 0. The van der Waals surface area contributed by atoms with E-state index in [4.69, 9.17) is 0 Å². The summed E-state index contributed by atoms with van der Waals surface area (Å²) in [6.45, 7) is 6.59. The second-order valence-corrected chi connectivity index (χ2v) is 5.34. The molecule has 2 aliphatic heterocycles. The third-order valence-electron chi connectivity index (χ3n) is 3.45. The fraction of sp³-hybridized carbons (Fsp3) is 0.727. The van der Waals surface area contributed by atoms with Gasteiger partial charge in [-0.1, -0.05) is 0 Å². The highest BCUT2D eigenvalue weighted by Gasteiger charge is 2.31. The smallest absolute Gasteiger partial charge is 0.152 e. The van der Waals surface area contributed by atoms with Crippen LogP contribution in [-0.2, 0) is 6.42 Å². The van der Waals surface area contributed by atoms with E-state index in [-0.39, 0.29) is 0 Å². The summed E-state index contributed by atoms with van der Waals surface area (Å²) in [6.07, 6.45) is 1.41. The molecule has 3 heterocycles. The molecule has 2 aliphatic rings. The predicted octanol–water partition coefficient (Wildman–Crippen LogP) is 0.381. The van der Waals surface area contributed by atoms with Crippen LogP contribution in [0, 0.1) is 5.51 Å². The van der Waals surface area contributed by atoms with Crippen LogP contribution in [0.15, 0.2) is 0 Å². The molecule has 0 bridgehead atoms. The van der Waals surface area contributed by atoms with Crippen molar-refractivity contribution in [1.82, 2.24) is 20.5 Å². The van der Waals surface area contributed by atoms with Crippen molar-refractivity contribution >= 4 is 11.3 Å². The number of rotatable bonds is 1. The molecule has 0 spiro atoms. The van der Waals surface area contributed by atoms with Gasteiger partial charge in [-0.2, -0.15) is 0 Å². The van der Waals surface area contributed by atoms with Crippen LogP contribution in [0.3, 0.4) is 0 Å². The van der Waals surface area contributed by atoms with Crippen molar-refractivity contribution in [3.05, 3.63) is 16.1 Å². The Bertz CT molecular complexity index is 365. The van der Waals surface area contributed by atoms with Crippen LogP contribution in [0.4, 0.5) is 0 Å². The Morgan fingerprint density at radius 2 is 2.44 bits per heavy atom. The maximum atomic E-state index is 4.34. The SMILES string of the molecule is CC1CNCCN1C1NCCc2n[c]sc21. The van der Waals surface area contributed by atoms with Crippen molar-refractivity contribution in [1.29, 1.82) is 0 Å². The lowest BCUT2D eigenvalue weighted by atomic mass is 10.1. The monoisotopic (exact) mass is 237 g/mol. The average molecular weight is 237 g/mol. The van der Waals surface area contributed by atoms with Gasteiger partial charge in [0.25, 0.3) is 0 Å². The van der Waals surface area contributed by atoms with Gasteiger partial charge >= 0.3 is 0 Å². The maximum Gasteiger partial charge on any atom is 0.152 e. The second-order valence-electron chi connectivity index (χ2n) is 4.51. The highest BCUT2D eigenvalue weighted by Crippen LogP contribution is 2.30. The Labute approximate surface area is 100 Å². The molecule has 1 fully saturated rings. The lowest BCUT2D eigenvalue weighted by Gasteiger charge is -2.41. The number of aromatic nitrogens is 1. The number of hydrogen-bond donors (Lipinski definition) is 2. The van der Waals surface area contributed by atoms with Crippen molar-refractivity contribution in [2.75, 3.05) is 26.2 Å². The molecule has 5 heteroatoms. The molecule has 2 unspecified atom stereocenters. The molecule has 1 saturated heterocycles. The average Bonchev–Trinajstić information content (AvgIpc) is 2.77. The van der Waals surface area contributed by atoms with Crippen molar-refractivity contribution in [2.24, 2.45) is 0 Å². The van der Waals surface area contributed by atoms with E-state index in [9.17, 15) is 0 Å². The van der Waals surface area contributed by atoms with E-state index in [0.29, 0.717) is 12.2 Å². The third-order valence-corrected chi connectivity index (χ3v) is 4.31. The van der Waals surface area contributed by atoms with Crippen LogP contribution in [0.25, 0.3) is 0 Å². The van der Waals surface area contributed by atoms with Gasteiger partial charge in [0, 0.05) is 38.6 Å². The highest BCUT2D eigenvalue weighted by atomic mass is 32.1. The van der Waals surface area contributed by atoms with E-state index in [1.807, 2.05) is 0 Å². The molecule has 2 N–H and O–H groups in total. The van der Waals surface area contributed by atoms with Gasteiger partial charge in [0.05, 0.1) is 16.7 Å². The molecule has 1 radical (unpaired) electrons. The van der Waals surface area contributed by atoms with Crippen LogP contribution in [-0.4, -0.2) is 42.1 Å². The molecule has 1 aromatic heterocycles. The van der Waals surface area contributed by atoms with Crippen molar-refractivity contribution in [3.63, 3.8) is 0 Å². The number of nitrogens with zero attached hydrogens (tertiary/aromatic N) is 2. The van der Waals surface area contributed by atoms with Gasteiger partial charge < -0.3 is 5.32 Å². The zero-order valence-corrected chi connectivity index (χ0v) is 10.3. The molecule has 16 heavy (non-hydrogen) atoms. The second kappa shape index (κ2) is 4.41. The molecule has 0 aliphatic carbocycles. The molecule has 4 nitrogen and oxygen atoms in total. The van der Waals surface area contributed by atoms with E-state index in [2.05, 4.69) is 33.0 Å². The molecule has 2 atom stereocenters. The zero-order valence-electron chi connectivity index (χ0n) is 9.49. The first-order chi connectivity index (χ1) is 7.86. The standard InChI is InChI=1S/C11H17N4S/c1-8-6-12-4-5-15(8)11-10-9(2-3-13-11)14-7-16-10/h8,11-13H,2-6H2,1H3. The minimum Gasteiger partial charge on any atom is -0.314 e. The van der Waals surface area contributed by atoms with Crippen molar-refractivity contribution < 1.29 is 0 Å². The van der Waals surface area contributed by atoms with E-state index < -0.39 is 0 Å². The van der Waals surface area contributed by atoms with Crippen molar-refractivity contribution in [3.8, 4) is 0 Å². The Balaban J connectivity index is 1.85. The van der Waals surface area contributed by atoms with Gasteiger partial charge in [0.1, 0.15) is 0 Å². The highest BCUT2D eigenvalue weighted by molar-refractivity contribution is 7.09. The maximum absolute atomic E-state index is 4.34. The minimum absolute atomic E-state index is 0.365. The van der Waals surface area contributed by atoms with Gasteiger partial charge in [-0.25, -0.2) is 4.98 Å². The number of fused-ring (bicyclic) bond motifs is 1. The van der Waals surface area contributed by atoms with E-state index in [0.717, 1.165) is 32.6 Å². The Hall–Kier alpha value is -0.490. The van der Waals surface area contributed by atoms with Gasteiger partial charge in [0.15, 0.2) is 5.51 Å². The Morgan fingerprint density at radius 1 is 1.50 bits per heavy atom. The van der Waals surface area contributed by atoms with Crippen LogP contribution >= 0.6 is 11.3 Å². The number of piperazine rings is 1. The van der Waals surface area contributed by atoms with Gasteiger partial charge in [-0.15, -0.1) is 11.3 Å². The summed E-state index contributed by atoms with van der Waals surface area (Å²) >= 11 is 1.67. The van der Waals surface area contributed by atoms with Crippen LogP contribution in [0.2, 0.25) is 0 Å². The lowest BCUT2D eigenvalue weighted by molar-refractivity contribution is 0.0926. The molecular weight excluding hydrogens is 220 g/mol. The summed E-state index contributed by atoms with van der Waals surface area (Å²) in [4.78, 5) is 8.26. The van der Waals surface area contributed by atoms with Crippen LogP contribution in [0.5, 0.6) is 0 Å². The molecule has 0 amide bonds. The fourth-order valence-corrected chi connectivity index (χ4v) is 3.41. The van der Waals surface area contributed by atoms with E-state index in [1.165, 1.54) is 10.6 Å². The molecule has 0 aromatic carbocycles. The predicted molar refractivity (Wildman–Crippen MR) is 64.4 cm³/mol. The van der Waals surface area contributed by atoms with Gasteiger partial charge in [0.2, 0.25) is 0 Å². The molecular formula is C11H17N4S. The zero-order chi connectivity index (χ0) is 11.0. The van der Waals surface area contributed by atoms with Gasteiger partial charge in [-0.05, 0) is 6.92 Å². The Kier molecular flexibility index (Phi) is 2.93. The minimum atomic E-state index is 0.365. The molecule has 1 aromatic rings. The molecule has 0 saturated carbocycles. The largest absolute Gasteiger partial charge is 0.314 e. The number of hydrogen-bond acceptors (Lipinski definition) is 5. The van der Waals surface area contributed by atoms with Gasteiger partial charge in [-0.3, -0.25) is 10.2 Å². The first kappa shape index (κ1) is 10.7. The summed E-state index contributed by atoms with van der Waals surface area (Å²) in [5.41, 5.74) is 4.28. The van der Waals surface area contributed by atoms with Crippen LogP contribution < -0.4 is 10.6 Å². The fourth-order valence-electron chi connectivity index (χ4n) is 2.56. The summed E-state index contributed by atoms with van der Waals surface area (Å²) < 4.78 is 0. The number of thiazole rings is 1. The van der Waals surface area contributed by atoms with E-state index >= 15 is 0 Å². The first-order valence-electron chi connectivity index (χ1n) is 5.92. The summed E-state index contributed by atoms with van der Waals surface area (Å²) in [5, 5.41) is 7.04. The number of nitrogens with one attached hydrogen (secondary N) is 2. The van der Waals surface area contributed by atoms with Crippen molar-refractivity contribution in [2.45, 2.75) is 25.6 Å². The molecule has 3 rings (SSSR count). The summed E-state index contributed by atoms with van der Waals surface area (Å²) in [6, 6.07) is 0.583. The lowest BCUT2D eigenvalue weighted by Crippen LogP contribution is -2.55.